The van der Waals surface area contributed by atoms with Crippen LogP contribution in [0.1, 0.15) is 26.7 Å². The van der Waals surface area contributed by atoms with Crippen LogP contribution in [-0.4, -0.2) is 42.6 Å². The number of nitrogens with zero attached hydrogens (tertiary/aromatic N) is 1. The Kier molecular flexibility index (Phi) is 5.22. The second-order valence-corrected chi connectivity index (χ2v) is 5.32. The van der Waals surface area contributed by atoms with E-state index in [-0.39, 0.29) is 31.0 Å². The third-order valence-electron chi connectivity index (χ3n) is 3.81. The number of hydrogen-bond acceptors (Lipinski definition) is 3. The highest BCUT2D eigenvalue weighted by Crippen LogP contribution is 2.37. The number of carbonyl (C=O) groups excluding carboxylic acids is 1. The van der Waals surface area contributed by atoms with Gasteiger partial charge in [0, 0.05) is 19.1 Å². The Morgan fingerprint density at radius 2 is 2.12 bits per heavy atom. The molecule has 1 heterocycles. The summed E-state index contributed by atoms with van der Waals surface area (Å²) >= 11 is 0. The maximum Gasteiger partial charge on any atom is 0.248 e. The molecule has 3 unspecified atom stereocenters. The van der Waals surface area contributed by atoms with Crippen LogP contribution < -0.4 is 5.73 Å². The molecule has 0 spiro atoms. The highest BCUT2D eigenvalue weighted by molar-refractivity contribution is 5.85. The van der Waals surface area contributed by atoms with Gasteiger partial charge in [0.2, 0.25) is 5.91 Å². The number of halogens is 1. The first-order valence-electron chi connectivity index (χ1n) is 6.23. The molecule has 1 aliphatic carbocycles. The fourth-order valence-electron chi connectivity index (χ4n) is 2.84. The summed E-state index contributed by atoms with van der Waals surface area (Å²) in [6, 6.07) is 0.300. The van der Waals surface area contributed by atoms with Gasteiger partial charge >= 0.3 is 0 Å². The maximum absolute atomic E-state index is 11.8. The number of carbonyl (C=O) groups is 1. The summed E-state index contributed by atoms with van der Waals surface area (Å²) in [6.07, 6.45) is 2.42. The van der Waals surface area contributed by atoms with Crippen LogP contribution in [0.15, 0.2) is 0 Å². The molecule has 0 bridgehead atoms. The van der Waals surface area contributed by atoms with Crippen molar-refractivity contribution in [3.05, 3.63) is 0 Å². The zero-order valence-electron chi connectivity index (χ0n) is 10.6. The molecule has 4 nitrogen and oxygen atoms in total. The predicted molar refractivity (Wildman–Crippen MR) is 69.1 cm³/mol. The van der Waals surface area contributed by atoms with Crippen LogP contribution in [0.4, 0.5) is 0 Å². The minimum absolute atomic E-state index is 0. The monoisotopic (exact) mass is 262 g/mol. The van der Waals surface area contributed by atoms with Crippen LogP contribution in [0.25, 0.3) is 0 Å². The van der Waals surface area contributed by atoms with E-state index in [0.717, 1.165) is 19.5 Å². The molecule has 3 atom stereocenters. The lowest BCUT2D eigenvalue weighted by molar-refractivity contribution is -0.136. The molecule has 1 amide bonds. The van der Waals surface area contributed by atoms with E-state index in [1.54, 1.807) is 0 Å². The molecule has 0 aromatic heterocycles. The van der Waals surface area contributed by atoms with Gasteiger partial charge in [-0.15, -0.1) is 12.4 Å². The normalized spacial score (nSPS) is 31.5. The van der Waals surface area contributed by atoms with E-state index in [2.05, 4.69) is 0 Å². The Morgan fingerprint density at radius 3 is 2.71 bits per heavy atom. The van der Waals surface area contributed by atoms with Gasteiger partial charge in [-0.25, -0.2) is 0 Å². The van der Waals surface area contributed by atoms with E-state index in [9.17, 15) is 4.79 Å². The first-order chi connectivity index (χ1) is 7.58. The lowest BCUT2D eigenvalue weighted by atomic mass is 9.98. The van der Waals surface area contributed by atoms with E-state index in [4.69, 9.17) is 10.5 Å². The number of ether oxygens (including phenoxy) is 1. The molecule has 1 aliphatic heterocycles. The Bertz CT molecular complexity index is 273. The lowest BCUT2D eigenvalue weighted by Crippen LogP contribution is -2.35. The van der Waals surface area contributed by atoms with Crippen molar-refractivity contribution in [3.8, 4) is 0 Å². The van der Waals surface area contributed by atoms with Gasteiger partial charge < -0.3 is 15.4 Å². The lowest BCUT2D eigenvalue weighted by Gasteiger charge is -2.19. The van der Waals surface area contributed by atoms with Crippen molar-refractivity contribution in [2.75, 3.05) is 19.7 Å². The van der Waals surface area contributed by atoms with E-state index in [1.807, 2.05) is 18.7 Å². The molecule has 1 saturated heterocycles. The van der Waals surface area contributed by atoms with Gasteiger partial charge in [-0.1, -0.05) is 0 Å². The Labute approximate surface area is 109 Å². The smallest absolute Gasteiger partial charge is 0.248 e. The van der Waals surface area contributed by atoms with Gasteiger partial charge in [-0.05, 0) is 38.5 Å². The average molecular weight is 263 g/mol. The van der Waals surface area contributed by atoms with Crippen molar-refractivity contribution < 1.29 is 9.53 Å². The molecule has 1 saturated carbocycles. The molecule has 2 rings (SSSR count). The van der Waals surface area contributed by atoms with Crippen molar-refractivity contribution in [3.63, 3.8) is 0 Å². The summed E-state index contributed by atoms with van der Waals surface area (Å²) in [4.78, 5) is 13.8. The van der Waals surface area contributed by atoms with Crippen LogP contribution >= 0.6 is 12.4 Å². The van der Waals surface area contributed by atoms with Crippen LogP contribution in [0.2, 0.25) is 0 Å². The number of amides is 1. The summed E-state index contributed by atoms with van der Waals surface area (Å²) in [6.45, 7) is 5.83. The molecular formula is C12H23ClN2O2. The minimum Gasteiger partial charge on any atom is -0.369 e. The van der Waals surface area contributed by atoms with E-state index in [0.29, 0.717) is 17.9 Å². The van der Waals surface area contributed by atoms with Crippen molar-refractivity contribution >= 4 is 18.3 Å². The summed E-state index contributed by atoms with van der Waals surface area (Å²) in [5, 5.41) is 0. The number of hydrogen-bond donors (Lipinski definition) is 1. The van der Waals surface area contributed by atoms with Crippen LogP contribution in [-0.2, 0) is 9.53 Å². The SMILES string of the molecule is CC(C)OCC(=O)N1CC2CCC(N)C2C1.Cl. The van der Waals surface area contributed by atoms with Crippen molar-refractivity contribution in [2.24, 2.45) is 17.6 Å². The molecule has 5 heteroatoms. The van der Waals surface area contributed by atoms with Gasteiger partial charge in [0.25, 0.3) is 0 Å². The number of nitrogens with two attached hydrogens (primary N) is 1. The van der Waals surface area contributed by atoms with Gasteiger partial charge in [0.1, 0.15) is 6.61 Å². The topological polar surface area (TPSA) is 55.6 Å². The van der Waals surface area contributed by atoms with Crippen molar-refractivity contribution in [1.82, 2.24) is 4.90 Å². The molecule has 0 aromatic carbocycles. The number of rotatable bonds is 3. The Balaban J connectivity index is 0.00000144. The quantitative estimate of drug-likeness (QED) is 0.827. The van der Waals surface area contributed by atoms with E-state index < -0.39 is 0 Å². The summed E-state index contributed by atoms with van der Waals surface area (Å²) in [7, 11) is 0. The van der Waals surface area contributed by atoms with Gasteiger partial charge in [0.05, 0.1) is 6.10 Å². The predicted octanol–water partition coefficient (Wildman–Crippen LogP) is 1.03. The molecule has 17 heavy (non-hydrogen) atoms. The van der Waals surface area contributed by atoms with E-state index >= 15 is 0 Å². The molecule has 2 N–H and O–H groups in total. The van der Waals surface area contributed by atoms with Gasteiger partial charge in [-0.2, -0.15) is 0 Å². The van der Waals surface area contributed by atoms with E-state index in [1.165, 1.54) is 6.42 Å². The second-order valence-electron chi connectivity index (χ2n) is 5.32. The summed E-state index contributed by atoms with van der Waals surface area (Å²) in [5.74, 6) is 1.29. The second kappa shape index (κ2) is 6.03. The highest BCUT2D eigenvalue weighted by Gasteiger charge is 2.42. The molecular weight excluding hydrogens is 240 g/mol. The van der Waals surface area contributed by atoms with Gasteiger partial charge in [0.15, 0.2) is 0 Å². The van der Waals surface area contributed by atoms with Crippen molar-refractivity contribution in [2.45, 2.75) is 38.8 Å². The van der Waals surface area contributed by atoms with Gasteiger partial charge in [-0.3, -0.25) is 4.79 Å². The zero-order chi connectivity index (χ0) is 11.7. The fourth-order valence-corrected chi connectivity index (χ4v) is 2.84. The molecule has 2 fully saturated rings. The average Bonchev–Trinajstić information content (AvgIpc) is 2.78. The Morgan fingerprint density at radius 1 is 1.41 bits per heavy atom. The molecule has 2 aliphatic rings. The molecule has 0 aromatic rings. The molecule has 0 radical (unpaired) electrons. The standard InChI is InChI=1S/C12H22N2O2.ClH/c1-8(2)16-7-12(15)14-5-9-3-4-11(13)10(9)6-14;/h8-11H,3-7,13H2,1-2H3;1H. The van der Waals surface area contributed by atoms with Crippen LogP contribution in [0.3, 0.4) is 0 Å². The first kappa shape index (κ1) is 14.7. The Hall–Kier alpha value is -0.320. The maximum atomic E-state index is 11.8. The third kappa shape index (κ3) is 3.33. The number of likely N-dealkylation sites (tertiary alicyclic amines) is 1. The molecule has 100 valence electrons. The van der Waals surface area contributed by atoms with Crippen LogP contribution in [0, 0.1) is 11.8 Å². The largest absolute Gasteiger partial charge is 0.369 e. The zero-order valence-corrected chi connectivity index (χ0v) is 11.4. The highest BCUT2D eigenvalue weighted by atomic mass is 35.5. The number of fused-ring (bicyclic) bond motifs is 1. The minimum atomic E-state index is 0. The summed E-state index contributed by atoms with van der Waals surface area (Å²) < 4.78 is 5.34. The first-order valence-corrected chi connectivity index (χ1v) is 6.23. The van der Waals surface area contributed by atoms with Crippen molar-refractivity contribution in [1.29, 1.82) is 0 Å². The summed E-state index contributed by atoms with van der Waals surface area (Å²) in [5.41, 5.74) is 6.04. The third-order valence-corrected chi connectivity index (χ3v) is 3.81. The van der Waals surface area contributed by atoms with Crippen LogP contribution in [0.5, 0.6) is 0 Å². The fraction of sp³-hybridized carbons (Fsp3) is 0.917.